The highest BCUT2D eigenvalue weighted by Gasteiger charge is 2.58. The van der Waals surface area contributed by atoms with E-state index in [9.17, 15) is 0 Å². The molecular weight excluding hydrogens is 262 g/mol. The van der Waals surface area contributed by atoms with Crippen LogP contribution in [0, 0.1) is 5.41 Å². The fraction of sp³-hybridized carbons (Fsp3) is 0.625. The molecular formula is C16H23N5. The van der Waals surface area contributed by atoms with E-state index in [4.69, 9.17) is 0 Å². The van der Waals surface area contributed by atoms with Crippen molar-refractivity contribution < 1.29 is 0 Å². The smallest absolute Gasteiger partial charge is 0.142 e. The van der Waals surface area contributed by atoms with Crippen LogP contribution in [-0.2, 0) is 0 Å². The number of hydrogen-bond donors (Lipinski definition) is 1. The van der Waals surface area contributed by atoms with Crippen LogP contribution in [-0.4, -0.2) is 52.1 Å². The fourth-order valence-corrected chi connectivity index (χ4v) is 4.51. The van der Waals surface area contributed by atoms with Crippen LogP contribution < -0.4 is 4.90 Å². The second-order valence-electron chi connectivity index (χ2n) is 7.23. The van der Waals surface area contributed by atoms with Gasteiger partial charge in [0.1, 0.15) is 17.8 Å². The van der Waals surface area contributed by atoms with Gasteiger partial charge in [0, 0.05) is 31.4 Å². The van der Waals surface area contributed by atoms with Crippen LogP contribution in [0.15, 0.2) is 18.6 Å². The van der Waals surface area contributed by atoms with Crippen LogP contribution >= 0.6 is 0 Å². The molecule has 5 heteroatoms. The third-order valence-electron chi connectivity index (χ3n) is 5.73. The van der Waals surface area contributed by atoms with Crippen LogP contribution in [0.1, 0.15) is 26.7 Å². The molecule has 1 unspecified atom stereocenters. The number of nitrogens with zero attached hydrogens (tertiary/aromatic N) is 4. The van der Waals surface area contributed by atoms with Crippen molar-refractivity contribution in [1.82, 2.24) is 19.9 Å². The molecule has 0 saturated carbocycles. The summed E-state index contributed by atoms with van der Waals surface area (Å²) in [6.45, 7) is 8.14. The summed E-state index contributed by atoms with van der Waals surface area (Å²) in [4.78, 5) is 17.1. The van der Waals surface area contributed by atoms with Gasteiger partial charge in [0.25, 0.3) is 0 Å². The summed E-state index contributed by atoms with van der Waals surface area (Å²) in [6.07, 6.45) is 6.13. The zero-order chi connectivity index (χ0) is 14.7. The molecule has 2 aromatic rings. The molecule has 1 N–H and O–H groups in total. The molecule has 0 aliphatic carbocycles. The van der Waals surface area contributed by atoms with E-state index in [2.05, 4.69) is 51.7 Å². The Balaban J connectivity index is 1.72. The number of likely N-dealkylation sites (tertiary alicyclic amines) is 1. The molecule has 112 valence electrons. The van der Waals surface area contributed by atoms with E-state index in [-0.39, 0.29) is 0 Å². The van der Waals surface area contributed by atoms with E-state index >= 15 is 0 Å². The number of hydrogen-bond acceptors (Lipinski definition) is 4. The van der Waals surface area contributed by atoms with Crippen molar-refractivity contribution in [1.29, 1.82) is 0 Å². The van der Waals surface area contributed by atoms with E-state index in [1.165, 1.54) is 19.4 Å². The standard InChI is InChI=1S/C16H23N5/c1-15(2)9-20(3)16(15)6-4-8-21(10-16)14-12-5-7-17-13(12)18-11-19-14/h5,7,11H,4,6,8-10H2,1-3H3,(H,17,18,19). The highest BCUT2D eigenvalue weighted by molar-refractivity contribution is 5.87. The molecule has 2 aromatic heterocycles. The number of likely N-dealkylation sites (N-methyl/N-ethyl adjacent to an activating group) is 1. The molecule has 0 radical (unpaired) electrons. The van der Waals surface area contributed by atoms with E-state index in [0.29, 0.717) is 11.0 Å². The average Bonchev–Trinajstić information content (AvgIpc) is 2.95. The molecule has 2 saturated heterocycles. The number of fused-ring (bicyclic) bond motifs is 1. The van der Waals surface area contributed by atoms with Gasteiger partial charge >= 0.3 is 0 Å². The zero-order valence-corrected chi connectivity index (χ0v) is 13.1. The third-order valence-corrected chi connectivity index (χ3v) is 5.73. The number of anilines is 1. The van der Waals surface area contributed by atoms with Crippen molar-refractivity contribution in [3.05, 3.63) is 18.6 Å². The number of aromatic nitrogens is 3. The topological polar surface area (TPSA) is 48.1 Å². The first kappa shape index (κ1) is 13.1. The Morgan fingerprint density at radius 3 is 2.86 bits per heavy atom. The molecule has 5 nitrogen and oxygen atoms in total. The highest BCUT2D eigenvalue weighted by atomic mass is 15.3. The molecule has 4 heterocycles. The van der Waals surface area contributed by atoms with Gasteiger partial charge in [-0.2, -0.15) is 0 Å². The van der Waals surface area contributed by atoms with Crippen molar-refractivity contribution in [2.75, 3.05) is 31.6 Å². The minimum Gasteiger partial charge on any atom is -0.354 e. The molecule has 0 bridgehead atoms. The second kappa shape index (κ2) is 4.19. The Morgan fingerprint density at radius 2 is 2.10 bits per heavy atom. The Labute approximate surface area is 125 Å². The van der Waals surface area contributed by atoms with Gasteiger partial charge in [0.15, 0.2) is 0 Å². The largest absolute Gasteiger partial charge is 0.354 e. The summed E-state index contributed by atoms with van der Waals surface area (Å²) >= 11 is 0. The monoisotopic (exact) mass is 285 g/mol. The molecule has 0 aromatic carbocycles. The van der Waals surface area contributed by atoms with Crippen LogP contribution in [0.4, 0.5) is 5.82 Å². The van der Waals surface area contributed by atoms with Crippen molar-refractivity contribution in [3.8, 4) is 0 Å². The predicted octanol–water partition coefficient (Wildman–Crippen LogP) is 2.27. The zero-order valence-electron chi connectivity index (χ0n) is 13.1. The van der Waals surface area contributed by atoms with Crippen molar-refractivity contribution in [2.45, 2.75) is 32.2 Å². The first-order chi connectivity index (χ1) is 10.0. The van der Waals surface area contributed by atoms with E-state index in [1.54, 1.807) is 6.33 Å². The van der Waals surface area contributed by atoms with E-state index in [1.807, 2.05) is 6.20 Å². The van der Waals surface area contributed by atoms with Gasteiger partial charge in [-0.3, -0.25) is 4.90 Å². The molecule has 1 spiro atoms. The van der Waals surface area contributed by atoms with Gasteiger partial charge in [-0.05, 0) is 31.4 Å². The number of H-pyrrole nitrogens is 1. The Hall–Kier alpha value is -1.62. The summed E-state index contributed by atoms with van der Waals surface area (Å²) in [5, 5.41) is 1.13. The second-order valence-corrected chi connectivity index (χ2v) is 7.23. The molecule has 4 rings (SSSR count). The minimum atomic E-state index is 0.291. The highest BCUT2D eigenvalue weighted by Crippen LogP contribution is 2.51. The molecule has 1 atom stereocenters. The number of nitrogens with one attached hydrogen (secondary N) is 1. The van der Waals surface area contributed by atoms with Gasteiger partial charge < -0.3 is 9.88 Å². The quantitative estimate of drug-likeness (QED) is 0.873. The van der Waals surface area contributed by atoms with Crippen molar-refractivity contribution in [3.63, 3.8) is 0 Å². The molecule has 0 amide bonds. The van der Waals surface area contributed by atoms with Crippen LogP contribution in [0.5, 0.6) is 0 Å². The SMILES string of the molecule is CN1CC(C)(C)C12CCCN(c1ncnc3[nH]ccc13)C2. The van der Waals surface area contributed by atoms with Crippen LogP contribution in [0.25, 0.3) is 11.0 Å². The first-order valence-electron chi connectivity index (χ1n) is 7.78. The normalized spacial score (nSPS) is 29.0. The van der Waals surface area contributed by atoms with Crippen LogP contribution in [0.2, 0.25) is 0 Å². The number of piperidine rings is 1. The fourth-order valence-electron chi connectivity index (χ4n) is 4.51. The lowest BCUT2D eigenvalue weighted by atomic mass is 9.60. The van der Waals surface area contributed by atoms with Crippen molar-refractivity contribution >= 4 is 16.9 Å². The summed E-state index contributed by atoms with van der Waals surface area (Å²) in [7, 11) is 2.26. The van der Waals surface area contributed by atoms with Gasteiger partial charge in [0.2, 0.25) is 0 Å². The Kier molecular flexibility index (Phi) is 2.61. The molecule has 2 aliphatic rings. The van der Waals surface area contributed by atoms with Gasteiger partial charge in [0.05, 0.1) is 5.39 Å². The lowest BCUT2D eigenvalue weighted by Crippen LogP contribution is -2.76. The lowest BCUT2D eigenvalue weighted by molar-refractivity contribution is -0.129. The predicted molar refractivity (Wildman–Crippen MR) is 84.5 cm³/mol. The summed E-state index contributed by atoms with van der Waals surface area (Å²) in [6, 6.07) is 2.08. The lowest BCUT2D eigenvalue weighted by Gasteiger charge is -2.66. The maximum absolute atomic E-state index is 4.58. The van der Waals surface area contributed by atoms with Crippen LogP contribution in [0.3, 0.4) is 0 Å². The van der Waals surface area contributed by atoms with E-state index < -0.39 is 0 Å². The first-order valence-corrected chi connectivity index (χ1v) is 7.78. The maximum atomic E-state index is 4.58. The number of aromatic amines is 1. The third kappa shape index (κ3) is 1.67. The van der Waals surface area contributed by atoms with Gasteiger partial charge in [-0.25, -0.2) is 9.97 Å². The van der Waals surface area contributed by atoms with Gasteiger partial charge in [-0.1, -0.05) is 13.8 Å². The van der Waals surface area contributed by atoms with E-state index in [0.717, 1.165) is 29.9 Å². The minimum absolute atomic E-state index is 0.291. The molecule has 2 aliphatic heterocycles. The summed E-state index contributed by atoms with van der Waals surface area (Å²) < 4.78 is 0. The Morgan fingerprint density at radius 1 is 1.24 bits per heavy atom. The molecule has 2 fully saturated rings. The van der Waals surface area contributed by atoms with Gasteiger partial charge in [-0.15, -0.1) is 0 Å². The summed E-state index contributed by atoms with van der Waals surface area (Å²) in [5.74, 6) is 1.08. The maximum Gasteiger partial charge on any atom is 0.142 e. The van der Waals surface area contributed by atoms with Crippen molar-refractivity contribution in [2.24, 2.45) is 5.41 Å². The summed E-state index contributed by atoms with van der Waals surface area (Å²) in [5.41, 5.74) is 1.60. The molecule has 21 heavy (non-hydrogen) atoms. The average molecular weight is 285 g/mol. The number of rotatable bonds is 1. The Bertz CT molecular complexity index is 676.